The minimum Gasteiger partial charge on any atom is -0.355 e. The van der Waals surface area contributed by atoms with Gasteiger partial charge in [0.15, 0.2) is 0 Å². The molecule has 1 nitrogen and oxygen atoms in total. The largest absolute Gasteiger partial charge is 0.355 e. The van der Waals surface area contributed by atoms with E-state index in [4.69, 9.17) is 7.85 Å². The summed E-state index contributed by atoms with van der Waals surface area (Å²) in [6, 6.07) is 6.48. The first kappa shape index (κ1) is 9.38. The molecule has 2 rings (SSSR count). The third kappa shape index (κ3) is 1.17. The third-order valence-electron chi connectivity index (χ3n) is 2.84. The van der Waals surface area contributed by atoms with Gasteiger partial charge in [0, 0.05) is 17.4 Å². The van der Waals surface area contributed by atoms with Gasteiger partial charge in [-0.25, -0.2) is 0 Å². The maximum atomic E-state index is 6.04. The summed E-state index contributed by atoms with van der Waals surface area (Å²) in [4.78, 5) is 0. The number of rotatable bonds is 1. The molecule has 2 radical (unpaired) electrons. The molecular weight excluding hydrogens is 169 g/mol. The Hall–Kier alpha value is -1.18. The molecule has 14 heavy (non-hydrogen) atoms. The fourth-order valence-electron chi connectivity index (χ4n) is 2.00. The highest BCUT2D eigenvalue weighted by atomic mass is 15.0. The Morgan fingerprint density at radius 3 is 2.64 bits per heavy atom. The Bertz CT molecular complexity index is 483. The molecule has 0 N–H and O–H groups in total. The molecule has 2 aromatic rings. The van der Waals surface area contributed by atoms with E-state index in [2.05, 4.69) is 43.5 Å². The van der Waals surface area contributed by atoms with Crippen LogP contribution in [0.2, 0.25) is 0 Å². The van der Waals surface area contributed by atoms with Crippen LogP contribution in [-0.2, 0) is 6.54 Å². The van der Waals surface area contributed by atoms with Crippen LogP contribution in [0.3, 0.4) is 0 Å². The standard InChI is InChI=1S/C12H14BN/c1-4-14-11-6-5-8(2)7-10(11)9(3)12(14)13/h5-7H,4H2,1-3H3. The van der Waals surface area contributed by atoms with Gasteiger partial charge < -0.3 is 4.57 Å². The lowest BCUT2D eigenvalue weighted by Gasteiger charge is -2.04. The van der Waals surface area contributed by atoms with Gasteiger partial charge in [-0.15, -0.1) is 0 Å². The number of hydrogen-bond acceptors (Lipinski definition) is 0. The van der Waals surface area contributed by atoms with Crippen molar-refractivity contribution < 1.29 is 0 Å². The first-order chi connectivity index (χ1) is 6.65. The highest BCUT2D eigenvalue weighted by Gasteiger charge is 2.08. The summed E-state index contributed by atoms with van der Waals surface area (Å²) in [6.07, 6.45) is 0. The Balaban J connectivity index is 2.88. The molecule has 0 atom stereocenters. The minimum absolute atomic E-state index is 0.896. The van der Waals surface area contributed by atoms with Crippen molar-refractivity contribution in [1.82, 2.24) is 4.57 Å². The average molecular weight is 183 g/mol. The van der Waals surface area contributed by atoms with Crippen molar-refractivity contribution in [3.05, 3.63) is 29.3 Å². The van der Waals surface area contributed by atoms with Crippen LogP contribution in [0.4, 0.5) is 0 Å². The van der Waals surface area contributed by atoms with Crippen LogP contribution in [0.5, 0.6) is 0 Å². The molecule has 0 aliphatic rings. The van der Waals surface area contributed by atoms with E-state index in [1.165, 1.54) is 22.0 Å². The van der Waals surface area contributed by atoms with Crippen molar-refractivity contribution in [2.75, 3.05) is 0 Å². The van der Waals surface area contributed by atoms with Crippen molar-refractivity contribution >= 4 is 24.3 Å². The van der Waals surface area contributed by atoms with E-state index in [-0.39, 0.29) is 0 Å². The monoisotopic (exact) mass is 183 g/mol. The van der Waals surface area contributed by atoms with E-state index in [0.29, 0.717) is 0 Å². The van der Waals surface area contributed by atoms with Crippen LogP contribution in [0, 0.1) is 13.8 Å². The molecule has 0 bridgehead atoms. The smallest absolute Gasteiger partial charge is 0.139 e. The summed E-state index contributed by atoms with van der Waals surface area (Å²) in [5, 5.41) is 1.28. The lowest BCUT2D eigenvalue weighted by atomic mass is 9.98. The summed E-state index contributed by atoms with van der Waals surface area (Å²) in [5.74, 6) is 0. The second-order valence-electron chi connectivity index (χ2n) is 3.78. The highest BCUT2D eigenvalue weighted by molar-refractivity contribution is 6.34. The van der Waals surface area contributed by atoms with Crippen LogP contribution >= 0.6 is 0 Å². The Labute approximate surface area is 86.1 Å². The van der Waals surface area contributed by atoms with Crippen LogP contribution in [0.15, 0.2) is 18.2 Å². The predicted octanol–water partition coefficient (Wildman–Crippen LogP) is 2.07. The summed E-state index contributed by atoms with van der Waals surface area (Å²) in [5.41, 5.74) is 4.63. The van der Waals surface area contributed by atoms with Crippen molar-refractivity contribution in [1.29, 1.82) is 0 Å². The summed E-state index contributed by atoms with van der Waals surface area (Å²) in [7, 11) is 6.04. The highest BCUT2D eigenvalue weighted by Crippen LogP contribution is 2.19. The van der Waals surface area contributed by atoms with Gasteiger partial charge in [0.25, 0.3) is 0 Å². The van der Waals surface area contributed by atoms with Crippen molar-refractivity contribution in [2.45, 2.75) is 27.3 Å². The Morgan fingerprint density at radius 2 is 2.00 bits per heavy atom. The third-order valence-corrected chi connectivity index (χ3v) is 2.84. The lowest BCUT2D eigenvalue weighted by Crippen LogP contribution is -2.17. The van der Waals surface area contributed by atoms with Gasteiger partial charge in [0.05, 0.1) is 0 Å². The second-order valence-corrected chi connectivity index (χ2v) is 3.78. The van der Waals surface area contributed by atoms with Gasteiger partial charge >= 0.3 is 0 Å². The maximum Gasteiger partial charge on any atom is 0.139 e. The fourth-order valence-corrected chi connectivity index (χ4v) is 2.00. The molecular formula is C12H14BN. The van der Waals surface area contributed by atoms with Crippen LogP contribution in [0.1, 0.15) is 18.1 Å². The molecule has 0 spiro atoms. The quantitative estimate of drug-likeness (QED) is 0.596. The molecule has 70 valence electrons. The zero-order chi connectivity index (χ0) is 10.3. The van der Waals surface area contributed by atoms with E-state index in [0.717, 1.165) is 12.1 Å². The zero-order valence-electron chi connectivity index (χ0n) is 8.96. The van der Waals surface area contributed by atoms with Crippen LogP contribution < -0.4 is 5.59 Å². The van der Waals surface area contributed by atoms with Crippen molar-refractivity contribution in [2.24, 2.45) is 0 Å². The maximum absolute atomic E-state index is 6.04. The van der Waals surface area contributed by atoms with Gasteiger partial charge in [-0.1, -0.05) is 11.6 Å². The predicted molar refractivity (Wildman–Crippen MR) is 62.5 cm³/mol. The molecule has 0 aliphatic carbocycles. The molecule has 0 unspecified atom stereocenters. The summed E-state index contributed by atoms with van der Waals surface area (Å²) in [6.45, 7) is 7.25. The van der Waals surface area contributed by atoms with Crippen LogP contribution in [-0.4, -0.2) is 12.4 Å². The number of fused-ring (bicyclic) bond motifs is 1. The van der Waals surface area contributed by atoms with Crippen molar-refractivity contribution in [3.8, 4) is 0 Å². The molecule has 0 saturated heterocycles. The van der Waals surface area contributed by atoms with Gasteiger partial charge in [0.2, 0.25) is 0 Å². The van der Waals surface area contributed by atoms with Gasteiger partial charge in [-0.3, -0.25) is 0 Å². The number of aromatic nitrogens is 1. The van der Waals surface area contributed by atoms with Crippen molar-refractivity contribution in [3.63, 3.8) is 0 Å². The molecule has 1 heterocycles. The molecule has 1 aromatic heterocycles. The van der Waals surface area contributed by atoms with Gasteiger partial charge in [0.1, 0.15) is 7.85 Å². The Morgan fingerprint density at radius 1 is 1.29 bits per heavy atom. The normalized spacial score (nSPS) is 11.1. The van der Waals surface area contributed by atoms with E-state index in [1.807, 2.05) is 0 Å². The number of hydrogen-bond donors (Lipinski definition) is 0. The molecule has 2 heteroatoms. The Kier molecular flexibility index (Phi) is 2.14. The molecule has 1 aromatic carbocycles. The topological polar surface area (TPSA) is 4.93 Å². The summed E-state index contributed by atoms with van der Waals surface area (Å²) < 4.78 is 2.16. The first-order valence-corrected chi connectivity index (χ1v) is 5.00. The number of nitrogens with zero attached hydrogens (tertiary/aromatic N) is 1. The van der Waals surface area contributed by atoms with Crippen LogP contribution in [0.25, 0.3) is 10.9 Å². The van der Waals surface area contributed by atoms with E-state index in [9.17, 15) is 0 Å². The number of aryl methyl sites for hydroxylation is 3. The molecule has 0 amide bonds. The number of benzene rings is 1. The van der Waals surface area contributed by atoms with E-state index >= 15 is 0 Å². The molecule has 0 saturated carbocycles. The second kappa shape index (κ2) is 3.20. The molecule has 0 aliphatic heterocycles. The first-order valence-electron chi connectivity index (χ1n) is 5.00. The van der Waals surface area contributed by atoms with E-state index in [1.54, 1.807) is 0 Å². The van der Waals surface area contributed by atoms with Gasteiger partial charge in [-0.2, -0.15) is 0 Å². The minimum atomic E-state index is 0.896. The summed E-state index contributed by atoms with van der Waals surface area (Å²) >= 11 is 0. The SMILES string of the molecule is [B]c1c(C)c2cc(C)ccc2n1CC. The molecule has 0 fully saturated rings. The zero-order valence-corrected chi connectivity index (χ0v) is 8.96. The average Bonchev–Trinajstić information content (AvgIpc) is 2.41. The fraction of sp³-hybridized carbons (Fsp3) is 0.333. The lowest BCUT2D eigenvalue weighted by molar-refractivity contribution is 0.817. The van der Waals surface area contributed by atoms with Gasteiger partial charge in [-0.05, 0) is 44.1 Å². The van der Waals surface area contributed by atoms with E-state index < -0.39 is 0 Å².